The number of methoxy groups -OCH3 is 1. The average Bonchev–Trinajstić information content (AvgIpc) is 3.16. The molecule has 3 aliphatic rings. The molecule has 0 saturated carbocycles. The first-order valence-corrected chi connectivity index (χ1v) is 19.1. The average molecular weight is 778 g/mol. The summed E-state index contributed by atoms with van der Waals surface area (Å²) in [6.07, 6.45) is 9.20. The lowest BCUT2D eigenvalue weighted by Crippen LogP contribution is -2.47. The van der Waals surface area contributed by atoms with E-state index in [1.807, 2.05) is 18.2 Å². The number of aromatic nitrogens is 2. The third kappa shape index (κ3) is 7.77. The van der Waals surface area contributed by atoms with Gasteiger partial charge in [0.15, 0.2) is 0 Å². The van der Waals surface area contributed by atoms with E-state index in [1.165, 1.54) is 17.9 Å². The smallest absolute Gasteiger partial charge is 0.259 e. The van der Waals surface area contributed by atoms with Gasteiger partial charge in [-0.25, -0.2) is 4.39 Å². The number of aryl methyl sites for hydroxylation is 1. The molecule has 1 atom stereocenters. The predicted octanol–water partition coefficient (Wildman–Crippen LogP) is 6.77. The third-order valence-electron chi connectivity index (χ3n) is 11.2. The number of carbonyl (C=O) groups is 3. The van der Waals surface area contributed by atoms with E-state index in [9.17, 15) is 19.2 Å². The van der Waals surface area contributed by atoms with Crippen LogP contribution in [0.15, 0.2) is 59.8 Å². The number of ether oxygens (including phenoxy) is 1. The van der Waals surface area contributed by atoms with Crippen molar-refractivity contribution in [2.24, 2.45) is 13.0 Å². The zero-order valence-electron chi connectivity index (χ0n) is 30.3. The van der Waals surface area contributed by atoms with Crippen molar-refractivity contribution in [3.05, 3.63) is 81.0 Å². The molecular weight excluding hydrogens is 734 g/mol. The van der Waals surface area contributed by atoms with Crippen LogP contribution in [-0.4, -0.2) is 77.2 Å². The van der Waals surface area contributed by atoms with Gasteiger partial charge in [-0.2, -0.15) is 0 Å². The minimum atomic E-state index is -1.35. The number of hydrogen-bond donors (Lipinski definition) is 2. The predicted molar refractivity (Wildman–Crippen MR) is 208 cm³/mol. The van der Waals surface area contributed by atoms with Gasteiger partial charge in [-0.15, -0.1) is 0 Å². The highest BCUT2D eigenvalue weighted by atomic mass is 35.5. The summed E-state index contributed by atoms with van der Waals surface area (Å²) < 4.78 is 23.3. The molecule has 54 heavy (non-hydrogen) atoms. The lowest BCUT2D eigenvalue weighted by Gasteiger charge is -2.39. The van der Waals surface area contributed by atoms with E-state index in [0.717, 1.165) is 49.3 Å². The molecule has 0 bridgehead atoms. The zero-order valence-corrected chi connectivity index (χ0v) is 31.8. The molecule has 2 aromatic carbocycles. The van der Waals surface area contributed by atoms with Gasteiger partial charge < -0.3 is 24.4 Å². The lowest BCUT2D eigenvalue weighted by molar-refractivity contribution is -0.133. The molecule has 0 radical (unpaired) electrons. The highest BCUT2D eigenvalue weighted by Gasteiger charge is 2.38. The van der Waals surface area contributed by atoms with Crippen LogP contribution in [-0.2, 0) is 16.6 Å². The number of rotatable bonds is 9. The summed E-state index contributed by atoms with van der Waals surface area (Å²) in [5, 5.41) is 7.51. The molecule has 3 aliphatic heterocycles. The number of benzene rings is 2. The number of anilines is 2. The molecular formula is C40H43Cl2FN6O5. The monoisotopic (exact) mass is 776 g/mol. The maximum atomic E-state index is 16.2. The first-order valence-electron chi connectivity index (χ1n) is 18.4. The largest absolute Gasteiger partial charge is 0.496 e. The number of nitrogens with zero attached hydrogens (tertiary/aromatic N) is 4. The molecule has 284 valence electrons. The van der Waals surface area contributed by atoms with Gasteiger partial charge in [-0.1, -0.05) is 23.2 Å². The molecule has 14 heteroatoms. The van der Waals surface area contributed by atoms with E-state index in [4.69, 9.17) is 27.9 Å². The number of alkyl halides is 1. The third-order valence-corrected chi connectivity index (χ3v) is 11.8. The maximum absolute atomic E-state index is 16.2. The van der Waals surface area contributed by atoms with Crippen LogP contribution >= 0.6 is 23.2 Å². The first kappa shape index (κ1) is 37.6. The van der Waals surface area contributed by atoms with Crippen molar-refractivity contribution in [1.82, 2.24) is 19.8 Å². The van der Waals surface area contributed by atoms with Gasteiger partial charge in [-0.05, 0) is 98.2 Å². The molecule has 7 rings (SSSR count). The summed E-state index contributed by atoms with van der Waals surface area (Å²) in [6, 6.07) is 10.4. The van der Waals surface area contributed by atoms with E-state index in [-0.39, 0.29) is 59.8 Å². The SMILES string of the molecule is COc1cc(-c2cn(C)c(=O)c3cnccc23)cc(Cl)c1C(=O)N1CCC(F)(CCC2CCN(c3ccc(NC4CCC(=O)NC4=O)cc3Cl)CC2)CC1. The van der Waals surface area contributed by atoms with E-state index < -0.39 is 11.7 Å². The topological polar surface area (TPSA) is 126 Å². The van der Waals surface area contributed by atoms with Crippen LogP contribution in [0.3, 0.4) is 0 Å². The molecule has 3 saturated heterocycles. The van der Waals surface area contributed by atoms with Crippen LogP contribution in [0, 0.1) is 5.92 Å². The second-order valence-electron chi connectivity index (χ2n) is 14.6. The number of pyridine rings is 2. The second-order valence-corrected chi connectivity index (χ2v) is 15.5. The van der Waals surface area contributed by atoms with E-state index >= 15 is 4.39 Å². The number of carbonyl (C=O) groups excluding carboxylic acids is 3. The second kappa shape index (κ2) is 15.6. The normalized spacial score (nSPS) is 19.2. The van der Waals surface area contributed by atoms with Crippen LogP contribution in [0.1, 0.15) is 61.7 Å². The lowest BCUT2D eigenvalue weighted by atomic mass is 9.83. The molecule has 11 nitrogen and oxygen atoms in total. The van der Waals surface area contributed by atoms with Crippen molar-refractivity contribution in [2.45, 2.75) is 63.1 Å². The number of imide groups is 1. The van der Waals surface area contributed by atoms with Crippen LogP contribution in [0.4, 0.5) is 15.8 Å². The Morgan fingerprint density at radius 1 is 1.02 bits per heavy atom. The van der Waals surface area contributed by atoms with Gasteiger partial charge >= 0.3 is 0 Å². The van der Waals surface area contributed by atoms with Crippen LogP contribution in [0.5, 0.6) is 5.75 Å². The van der Waals surface area contributed by atoms with Crippen LogP contribution in [0.2, 0.25) is 10.0 Å². The van der Waals surface area contributed by atoms with Gasteiger partial charge in [0.1, 0.15) is 23.0 Å². The molecule has 1 unspecified atom stereocenters. The summed E-state index contributed by atoms with van der Waals surface area (Å²) in [7, 11) is 3.15. The van der Waals surface area contributed by atoms with Crippen molar-refractivity contribution in [2.75, 3.05) is 43.5 Å². The van der Waals surface area contributed by atoms with E-state index in [0.29, 0.717) is 52.3 Å². The fourth-order valence-electron chi connectivity index (χ4n) is 7.98. The minimum Gasteiger partial charge on any atom is -0.496 e. The zero-order chi connectivity index (χ0) is 38.1. The number of halogens is 3. The molecule has 5 heterocycles. The Morgan fingerprint density at radius 3 is 2.48 bits per heavy atom. The van der Waals surface area contributed by atoms with Crippen molar-refractivity contribution in [3.8, 4) is 16.9 Å². The Kier molecular flexibility index (Phi) is 10.9. The summed E-state index contributed by atoms with van der Waals surface area (Å²) in [5.74, 6) is -0.187. The van der Waals surface area contributed by atoms with Crippen molar-refractivity contribution in [1.29, 1.82) is 0 Å². The minimum absolute atomic E-state index is 0.168. The Hall–Kier alpha value is -4.68. The van der Waals surface area contributed by atoms with Gasteiger partial charge in [-0.3, -0.25) is 29.5 Å². The fraction of sp³-hybridized carbons (Fsp3) is 0.425. The molecule has 0 aliphatic carbocycles. The molecule has 2 aromatic heterocycles. The summed E-state index contributed by atoms with van der Waals surface area (Å²) >= 11 is 13.5. The quantitative estimate of drug-likeness (QED) is 0.179. The standard InChI is InChI=1S/C40H43Cl2FN6O5/c1-47-23-29(27-8-14-44-22-28(27)38(47)52)25-19-31(42)36(34(20-25)54-2)39(53)49-17-12-40(43,13-18-49)11-7-24-9-15-48(16-10-24)33-5-3-26(21-30(33)41)45-32-4-6-35(50)46-37(32)51/h3,5,8,14,19-24,32,45H,4,6-7,9-13,15-18H2,1-2H3,(H,46,50,51). The Balaban J connectivity index is 0.923. The number of nitrogens with one attached hydrogen (secondary N) is 2. The first-order chi connectivity index (χ1) is 25.9. The Labute approximate surface area is 322 Å². The van der Waals surface area contributed by atoms with E-state index in [1.54, 1.807) is 42.5 Å². The van der Waals surface area contributed by atoms with Gasteiger partial charge in [0.05, 0.1) is 28.2 Å². The highest BCUT2D eigenvalue weighted by molar-refractivity contribution is 6.35. The maximum Gasteiger partial charge on any atom is 0.259 e. The molecule has 2 N–H and O–H groups in total. The number of amides is 3. The highest BCUT2D eigenvalue weighted by Crippen LogP contribution is 2.40. The number of fused-ring (bicyclic) bond motifs is 1. The Bertz CT molecular complexity index is 2160. The molecule has 3 amide bonds. The van der Waals surface area contributed by atoms with Crippen molar-refractivity contribution < 1.29 is 23.5 Å². The van der Waals surface area contributed by atoms with Gasteiger partial charge in [0, 0.05) is 69.5 Å². The fourth-order valence-corrected chi connectivity index (χ4v) is 8.57. The summed E-state index contributed by atoms with van der Waals surface area (Å²) in [5.41, 5.74) is 1.80. The van der Waals surface area contributed by atoms with Crippen molar-refractivity contribution in [3.63, 3.8) is 0 Å². The summed E-state index contributed by atoms with van der Waals surface area (Å²) in [4.78, 5) is 58.1. The van der Waals surface area contributed by atoms with Gasteiger partial charge in [0.2, 0.25) is 11.8 Å². The summed E-state index contributed by atoms with van der Waals surface area (Å²) in [6.45, 7) is 2.17. The molecule has 3 fully saturated rings. The molecule has 4 aromatic rings. The van der Waals surface area contributed by atoms with Crippen LogP contribution < -0.4 is 25.8 Å². The Morgan fingerprint density at radius 2 is 1.78 bits per heavy atom. The number of piperidine rings is 3. The van der Waals surface area contributed by atoms with Crippen molar-refractivity contribution >= 4 is 63.1 Å². The van der Waals surface area contributed by atoms with Gasteiger partial charge in [0.25, 0.3) is 11.5 Å². The van der Waals surface area contributed by atoms with Crippen LogP contribution in [0.25, 0.3) is 21.9 Å². The number of hydrogen-bond acceptors (Lipinski definition) is 8. The molecule has 0 spiro atoms. The van der Waals surface area contributed by atoms with E-state index in [2.05, 4.69) is 20.5 Å². The number of likely N-dealkylation sites (tertiary alicyclic amines) is 1.